The lowest BCUT2D eigenvalue weighted by atomic mass is 9.94. The maximum Gasteiger partial charge on any atom is 0.242 e. The number of amides is 2. The van der Waals surface area contributed by atoms with Crippen molar-refractivity contribution in [2.24, 2.45) is 0 Å². The van der Waals surface area contributed by atoms with Crippen molar-refractivity contribution in [3.63, 3.8) is 0 Å². The third kappa shape index (κ3) is 3.09. The van der Waals surface area contributed by atoms with Crippen LogP contribution in [0.2, 0.25) is 0 Å². The van der Waals surface area contributed by atoms with Gasteiger partial charge in [-0.05, 0) is 32.3 Å². The van der Waals surface area contributed by atoms with Crippen molar-refractivity contribution in [2.45, 2.75) is 32.1 Å². The van der Waals surface area contributed by atoms with E-state index in [0.717, 1.165) is 18.4 Å². The SMILES string of the molecule is CCN(CC)C(=O)CN(C)C(=O)C1(c2ccccc2)CC1. The summed E-state index contributed by atoms with van der Waals surface area (Å²) in [6.45, 7) is 5.43. The van der Waals surface area contributed by atoms with Crippen molar-refractivity contribution in [3.05, 3.63) is 35.9 Å². The molecule has 2 amide bonds. The van der Waals surface area contributed by atoms with Crippen LogP contribution in [0.5, 0.6) is 0 Å². The van der Waals surface area contributed by atoms with Crippen molar-refractivity contribution in [1.82, 2.24) is 9.80 Å². The molecular formula is C17H24N2O2. The van der Waals surface area contributed by atoms with E-state index in [9.17, 15) is 9.59 Å². The molecule has 0 bridgehead atoms. The summed E-state index contributed by atoms with van der Waals surface area (Å²) in [5.41, 5.74) is 0.677. The summed E-state index contributed by atoms with van der Waals surface area (Å²) in [5, 5.41) is 0. The van der Waals surface area contributed by atoms with E-state index >= 15 is 0 Å². The Kier molecular flexibility index (Phi) is 4.66. The Hall–Kier alpha value is -1.84. The van der Waals surface area contributed by atoms with Gasteiger partial charge in [0.25, 0.3) is 0 Å². The molecule has 21 heavy (non-hydrogen) atoms. The average Bonchev–Trinajstić information content (AvgIpc) is 3.30. The van der Waals surface area contributed by atoms with Gasteiger partial charge in [0, 0.05) is 20.1 Å². The molecule has 0 saturated heterocycles. The maximum absolute atomic E-state index is 12.7. The van der Waals surface area contributed by atoms with Crippen LogP contribution < -0.4 is 0 Å². The number of benzene rings is 1. The third-order valence-electron chi connectivity index (χ3n) is 4.32. The van der Waals surface area contributed by atoms with E-state index in [4.69, 9.17) is 0 Å². The summed E-state index contributed by atoms with van der Waals surface area (Å²) in [6.07, 6.45) is 1.75. The molecule has 4 nitrogen and oxygen atoms in total. The molecule has 2 rings (SSSR count). The highest BCUT2D eigenvalue weighted by Crippen LogP contribution is 2.49. The van der Waals surface area contributed by atoms with Crippen LogP contribution in [-0.2, 0) is 15.0 Å². The van der Waals surface area contributed by atoms with E-state index in [1.807, 2.05) is 44.2 Å². The molecule has 1 aromatic rings. The number of carbonyl (C=O) groups is 2. The van der Waals surface area contributed by atoms with Crippen LogP contribution in [0.3, 0.4) is 0 Å². The highest BCUT2D eigenvalue weighted by molar-refractivity contribution is 5.93. The summed E-state index contributed by atoms with van der Waals surface area (Å²) < 4.78 is 0. The summed E-state index contributed by atoms with van der Waals surface area (Å²) in [4.78, 5) is 28.2. The van der Waals surface area contributed by atoms with Crippen molar-refractivity contribution in [1.29, 1.82) is 0 Å². The molecule has 1 aromatic carbocycles. The second-order valence-corrected chi connectivity index (χ2v) is 5.68. The average molecular weight is 288 g/mol. The van der Waals surface area contributed by atoms with Crippen LogP contribution >= 0.6 is 0 Å². The lowest BCUT2D eigenvalue weighted by Gasteiger charge is -2.26. The molecule has 1 aliphatic rings. The fourth-order valence-corrected chi connectivity index (χ4v) is 2.82. The molecule has 4 heteroatoms. The number of hydrogen-bond acceptors (Lipinski definition) is 2. The molecule has 0 aliphatic heterocycles. The van der Waals surface area contributed by atoms with Crippen molar-refractivity contribution in [2.75, 3.05) is 26.7 Å². The van der Waals surface area contributed by atoms with Crippen LogP contribution in [0, 0.1) is 0 Å². The minimum atomic E-state index is -0.389. The topological polar surface area (TPSA) is 40.6 Å². The molecule has 1 aliphatic carbocycles. The van der Waals surface area contributed by atoms with E-state index in [2.05, 4.69) is 0 Å². The first-order valence-electron chi connectivity index (χ1n) is 7.64. The predicted octanol–water partition coefficient (Wildman–Crippen LogP) is 2.04. The monoisotopic (exact) mass is 288 g/mol. The zero-order chi connectivity index (χ0) is 15.5. The number of carbonyl (C=O) groups excluding carboxylic acids is 2. The smallest absolute Gasteiger partial charge is 0.242 e. The van der Waals surface area contributed by atoms with Gasteiger partial charge in [0.05, 0.1) is 12.0 Å². The molecule has 0 aromatic heterocycles. The molecule has 0 N–H and O–H groups in total. The van der Waals surface area contributed by atoms with Gasteiger partial charge >= 0.3 is 0 Å². The zero-order valence-corrected chi connectivity index (χ0v) is 13.1. The van der Waals surface area contributed by atoms with E-state index in [1.54, 1.807) is 16.8 Å². The number of likely N-dealkylation sites (N-methyl/N-ethyl adjacent to an activating group) is 2. The number of nitrogens with zero attached hydrogens (tertiary/aromatic N) is 2. The van der Waals surface area contributed by atoms with Crippen molar-refractivity contribution < 1.29 is 9.59 Å². The molecule has 1 saturated carbocycles. The minimum Gasteiger partial charge on any atom is -0.342 e. The Morgan fingerprint density at radius 3 is 2.14 bits per heavy atom. The number of rotatable bonds is 6. The van der Waals surface area contributed by atoms with Crippen LogP contribution in [0.15, 0.2) is 30.3 Å². The van der Waals surface area contributed by atoms with Gasteiger partial charge in [0.2, 0.25) is 11.8 Å². The Morgan fingerprint density at radius 2 is 1.67 bits per heavy atom. The highest BCUT2D eigenvalue weighted by atomic mass is 16.2. The van der Waals surface area contributed by atoms with Gasteiger partial charge < -0.3 is 9.80 Å². The molecule has 1 fully saturated rings. The Balaban J connectivity index is 2.05. The summed E-state index contributed by atoms with van der Waals surface area (Å²) in [6, 6.07) is 9.89. The summed E-state index contributed by atoms with van der Waals surface area (Å²) in [7, 11) is 1.73. The first kappa shape index (κ1) is 15.5. The van der Waals surface area contributed by atoms with E-state index < -0.39 is 0 Å². The van der Waals surface area contributed by atoms with Crippen LogP contribution in [-0.4, -0.2) is 48.3 Å². The first-order chi connectivity index (χ1) is 10.0. The normalized spacial score (nSPS) is 15.4. The standard InChI is InChI=1S/C17H24N2O2/c1-4-19(5-2)15(20)13-18(3)16(21)17(11-12-17)14-9-7-6-8-10-14/h6-10H,4-5,11-13H2,1-3H3. The summed E-state index contributed by atoms with van der Waals surface area (Å²) >= 11 is 0. The van der Waals surface area contributed by atoms with Crippen LogP contribution in [0.1, 0.15) is 32.3 Å². The van der Waals surface area contributed by atoms with Crippen LogP contribution in [0.4, 0.5) is 0 Å². The van der Waals surface area contributed by atoms with Gasteiger partial charge in [-0.25, -0.2) is 0 Å². The third-order valence-corrected chi connectivity index (χ3v) is 4.32. The second-order valence-electron chi connectivity index (χ2n) is 5.68. The molecule has 0 spiro atoms. The fourth-order valence-electron chi connectivity index (χ4n) is 2.82. The van der Waals surface area contributed by atoms with Crippen molar-refractivity contribution >= 4 is 11.8 Å². The lowest BCUT2D eigenvalue weighted by Crippen LogP contribution is -2.44. The Bertz CT molecular complexity index is 505. The van der Waals surface area contributed by atoms with E-state index in [1.165, 1.54) is 0 Å². The van der Waals surface area contributed by atoms with Gasteiger partial charge in [-0.15, -0.1) is 0 Å². The van der Waals surface area contributed by atoms with Gasteiger partial charge in [-0.2, -0.15) is 0 Å². The molecule has 0 radical (unpaired) electrons. The van der Waals surface area contributed by atoms with E-state index in [0.29, 0.717) is 13.1 Å². The molecule has 0 unspecified atom stereocenters. The minimum absolute atomic E-state index is 0.0136. The highest BCUT2D eigenvalue weighted by Gasteiger charge is 2.52. The first-order valence-corrected chi connectivity index (χ1v) is 7.64. The van der Waals surface area contributed by atoms with Gasteiger partial charge in [0.1, 0.15) is 0 Å². The zero-order valence-electron chi connectivity index (χ0n) is 13.1. The second kappa shape index (κ2) is 6.29. The molecule has 0 heterocycles. The fraction of sp³-hybridized carbons (Fsp3) is 0.529. The molecule has 0 atom stereocenters. The maximum atomic E-state index is 12.7. The van der Waals surface area contributed by atoms with Gasteiger partial charge in [-0.3, -0.25) is 9.59 Å². The van der Waals surface area contributed by atoms with Crippen LogP contribution in [0.25, 0.3) is 0 Å². The largest absolute Gasteiger partial charge is 0.342 e. The Morgan fingerprint density at radius 1 is 1.10 bits per heavy atom. The lowest BCUT2D eigenvalue weighted by molar-refractivity contribution is -0.140. The van der Waals surface area contributed by atoms with Crippen molar-refractivity contribution in [3.8, 4) is 0 Å². The van der Waals surface area contributed by atoms with Gasteiger partial charge in [-0.1, -0.05) is 30.3 Å². The quantitative estimate of drug-likeness (QED) is 0.804. The molecular weight excluding hydrogens is 264 g/mol. The summed E-state index contributed by atoms with van der Waals surface area (Å²) in [5.74, 6) is 0.0777. The number of hydrogen-bond donors (Lipinski definition) is 0. The van der Waals surface area contributed by atoms with E-state index in [-0.39, 0.29) is 23.8 Å². The van der Waals surface area contributed by atoms with Gasteiger partial charge in [0.15, 0.2) is 0 Å². The molecule has 114 valence electrons. The Labute approximate surface area is 126 Å². The predicted molar refractivity (Wildman–Crippen MR) is 82.9 cm³/mol.